The highest BCUT2D eigenvalue weighted by Gasteiger charge is 2.25. The third kappa shape index (κ3) is 3.83. The molecule has 0 saturated carbocycles. The van der Waals surface area contributed by atoms with Crippen molar-refractivity contribution in [3.63, 3.8) is 0 Å². The normalized spacial score (nSPS) is 14.5. The highest BCUT2D eigenvalue weighted by Crippen LogP contribution is 2.31. The summed E-state index contributed by atoms with van der Waals surface area (Å²) >= 11 is 6.10. The van der Waals surface area contributed by atoms with Crippen LogP contribution in [0, 0.1) is 25.2 Å². The number of amides is 1. The molecule has 5 nitrogen and oxygen atoms in total. The number of likely N-dealkylation sites (tertiary alicyclic amines) is 1. The van der Waals surface area contributed by atoms with Crippen molar-refractivity contribution in [1.82, 2.24) is 15.1 Å². The minimum atomic E-state index is 0.0535. The molecule has 3 aromatic rings. The van der Waals surface area contributed by atoms with Crippen LogP contribution in [-0.4, -0.2) is 34.1 Å². The highest BCUT2D eigenvalue weighted by atomic mass is 35.5. The number of aryl methyl sites for hydroxylation is 1. The van der Waals surface area contributed by atoms with Crippen LogP contribution in [0.15, 0.2) is 42.5 Å². The minimum Gasteiger partial charge on any atom is -0.339 e. The maximum atomic E-state index is 13.1. The topological polar surface area (TPSA) is 72.8 Å². The fourth-order valence-corrected chi connectivity index (χ4v) is 4.23. The van der Waals surface area contributed by atoms with Crippen molar-refractivity contribution in [2.75, 3.05) is 13.1 Å². The van der Waals surface area contributed by atoms with Crippen LogP contribution in [0.4, 0.5) is 0 Å². The van der Waals surface area contributed by atoms with E-state index in [9.17, 15) is 4.79 Å². The Kier molecular flexibility index (Phi) is 5.61. The lowest BCUT2D eigenvalue weighted by Crippen LogP contribution is -2.37. The van der Waals surface area contributed by atoms with Gasteiger partial charge in [-0.3, -0.25) is 9.89 Å². The Hall–Kier alpha value is -3.10. The maximum absolute atomic E-state index is 13.1. The quantitative estimate of drug-likeness (QED) is 0.632. The molecule has 1 aromatic heterocycles. The molecule has 0 aliphatic carbocycles. The van der Waals surface area contributed by atoms with Crippen LogP contribution >= 0.6 is 11.6 Å². The van der Waals surface area contributed by atoms with Crippen molar-refractivity contribution in [2.24, 2.45) is 0 Å². The first kappa shape index (κ1) is 20.2. The molecule has 0 spiro atoms. The van der Waals surface area contributed by atoms with Crippen LogP contribution in [0.5, 0.6) is 0 Å². The molecule has 1 amide bonds. The molecule has 0 atom stereocenters. The molecule has 6 heteroatoms. The Morgan fingerprint density at radius 3 is 2.47 bits per heavy atom. The van der Waals surface area contributed by atoms with Crippen LogP contribution in [0.2, 0.25) is 5.15 Å². The predicted molar refractivity (Wildman–Crippen MR) is 118 cm³/mol. The average molecular weight is 419 g/mol. The first-order chi connectivity index (χ1) is 14.5. The number of carbonyl (C=O) groups is 1. The summed E-state index contributed by atoms with van der Waals surface area (Å²) in [6, 6.07) is 15.7. The summed E-state index contributed by atoms with van der Waals surface area (Å²) in [6.07, 6.45) is 1.84. The Balaban J connectivity index is 1.48. The monoisotopic (exact) mass is 418 g/mol. The molecular weight excluding hydrogens is 396 g/mol. The number of piperidine rings is 1. The molecule has 30 heavy (non-hydrogen) atoms. The molecule has 152 valence electrons. The minimum absolute atomic E-state index is 0.0535. The second-order valence-electron chi connectivity index (χ2n) is 7.84. The molecule has 0 bridgehead atoms. The molecular formula is C24H23ClN4O. The van der Waals surface area contributed by atoms with E-state index in [4.69, 9.17) is 16.9 Å². The van der Waals surface area contributed by atoms with Gasteiger partial charge in [0.2, 0.25) is 0 Å². The average Bonchev–Trinajstić information content (AvgIpc) is 3.12. The fraction of sp³-hybridized carbons (Fsp3) is 0.292. The van der Waals surface area contributed by atoms with Gasteiger partial charge < -0.3 is 4.90 Å². The number of hydrogen-bond donors (Lipinski definition) is 1. The van der Waals surface area contributed by atoms with Gasteiger partial charge in [-0.05, 0) is 68.0 Å². The van der Waals surface area contributed by atoms with Crippen LogP contribution < -0.4 is 0 Å². The number of nitriles is 1. The first-order valence-electron chi connectivity index (χ1n) is 10.1. The van der Waals surface area contributed by atoms with Crippen LogP contribution in [-0.2, 0) is 0 Å². The van der Waals surface area contributed by atoms with E-state index in [-0.39, 0.29) is 5.91 Å². The zero-order valence-corrected chi connectivity index (χ0v) is 17.8. The molecule has 1 N–H and O–H groups in total. The third-order valence-electron chi connectivity index (χ3n) is 6.00. The van der Waals surface area contributed by atoms with Crippen molar-refractivity contribution in [1.29, 1.82) is 5.26 Å². The number of aromatic nitrogens is 2. The second kappa shape index (κ2) is 8.33. The molecule has 1 aliphatic heterocycles. The highest BCUT2D eigenvalue weighted by molar-refractivity contribution is 6.30. The molecule has 1 aliphatic rings. The van der Waals surface area contributed by atoms with Gasteiger partial charge in [-0.15, -0.1) is 0 Å². The number of benzene rings is 2. The van der Waals surface area contributed by atoms with Gasteiger partial charge in [-0.25, -0.2) is 0 Å². The molecule has 1 fully saturated rings. The SMILES string of the molecule is Cc1ccc(C(=O)N2CCC(c3ccc(C#N)cc3)CC2)cc1-c1[nH]nc(Cl)c1C. The van der Waals surface area contributed by atoms with Crippen molar-refractivity contribution in [2.45, 2.75) is 32.6 Å². The molecule has 4 rings (SSSR count). The Labute approximate surface area is 181 Å². The van der Waals surface area contributed by atoms with Gasteiger partial charge in [-0.1, -0.05) is 29.8 Å². The van der Waals surface area contributed by atoms with Gasteiger partial charge in [-0.2, -0.15) is 10.4 Å². The largest absolute Gasteiger partial charge is 0.339 e. The van der Waals surface area contributed by atoms with E-state index in [0.717, 1.165) is 48.3 Å². The summed E-state index contributed by atoms with van der Waals surface area (Å²) in [7, 11) is 0. The van der Waals surface area contributed by atoms with E-state index in [2.05, 4.69) is 16.3 Å². The maximum Gasteiger partial charge on any atom is 0.253 e. The zero-order chi connectivity index (χ0) is 21.3. The summed E-state index contributed by atoms with van der Waals surface area (Å²) in [6.45, 7) is 5.38. The van der Waals surface area contributed by atoms with E-state index in [0.29, 0.717) is 22.2 Å². The van der Waals surface area contributed by atoms with Gasteiger partial charge in [0.1, 0.15) is 0 Å². The van der Waals surface area contributed by atoms with Crippen LogP contribution in [0.1, 0.15) is 51.4 Å². The summed E-state index contributed by atoms with van der Waals surface area (Å²) in [4.78, 5) is 15.1. The number of aromatic amines is 1. The lowest BCUT2D eigenvalue weighted by atomic mass is 9.88. The Morgan fingerprint density at radius 1 is 1.17 bits per heavy atom. The molecule has 2 aromatic carbocycles. The fourth-order valence-electron chi connectivity index (χ4n) is 4.09. The first-order valence-corrected chi connectivity index (χ1v) is 10.5. The zero-order valence-electron chi connectivity index (χ0n) is 17.1. The summed E-state index contributed by atoms with van der Waals surface area (Å²) in [5.41, 5.74) is 6.34. The van der Waals surface area contributed by atoms with Gasteiger partial charge in [0.25, 0.3) is 5.91 Å². The molecule has 2 heterocycles. The molecule has 0 unspecified atom stereocenters. The van der Waals surface area contributed by atoms with Gasteiger partial charge in [0, 0.05) is 29.8 Å². The van der Waals surface area contributed by atoms with E-state index in [1.54, 1.807) is 0 Å². The number of halogens is 1. The Bertz CT molecular complexity index is 1120. The lowest BCUT2D eigenvalue weighted by molar-refractivity contribution is 0.0713. The van der Waals surface area contributed by atoms with Crippen molar-refractivity contribution < 1.29 is 4.79 Å². The standard InChI is InChI=1S/C24H23ClN4O/c1-15-3-6-20(13-21(15)22-16(2)23(25)28-27-22)24(30)29-11-9-19(10-12-29)18-7-4-17(14-26)5-8-18/h3-8,13,19H,9-12H2,1-2H3,(H,27,28). The summed E-state index contributed by atoms with van der Waals surface area (Å²) in [5.74, 6) is 0.475. The van der Waals surface area contributed by atoms with Crippen molar-refractivity contribution >= 4 is 17.5 Å². The number of H-pyrrole nitrogens is 1. The van der Waals surface area contributed by atoms with E-state index < -0.39 is 0 Å². The van der Waals surface area contributed by atoms with Gasteiger partial charge in [0.05, 0.1) is 17.3 Å². The van der Waals surface area contributed by atoms with Crippen LogP contribution in [0.25, 0.3) is 11.3 Å². The number of nitrogens with one attached hydrogen (secondary N) is 1. The summed E-state index contributed by atoms with van der Waals surface area (Å²) < 4.78 is 0. The predicted octanol–water partition coefficient (Wildman–Crippen LogP) is 5.24. The number of hydrogen-bond acceptors (Lipinski definition) is 3. The van der Waals surface area contributed by atoms with Crippen molar-refractivity contribution in [3.8, 4) is 17.3 Å². The second-order valence-corrected chi connectivity index (χ2v) is 8.20. The smallest absolute Gasteiger partial charge is 0.253 e. The number of rotatable bonds is 3. The molecule has 0 radical (unpaired) electrons. The number of nitrogens with zero attached hydrogens (tertiary/aromatic N) is 3. The Morgan fingerprint density at radius 2 is 1.87 bits per heavy atom. The lowest BCUT2D eigenvalue weighted by Gasteiger charge is -2.32. The third-order valence-corrected chi connectivity index (χ3v) is 6.37. The number of carbonyl (C=O) groups excluding carboxylic acids is 1. The van der Waals surface area contributed by atoms with Crippen LogP contribution in [0.3, 0.4) is 0 Å². The van der Waals surface area contributed by atoms with Crippen molar-refractivity contribution in [3.05, 3.63) is 75.4 Å². The van der Waals surface area contributed by atoms with Gasteiger partial charge in [0.15, 0.2) is 5.15 Å². The van der Waals surface area contributed by atoms with Gasteiger partial charge >= 0.3 is 0 Å². The van der Waals surface area contributed by atoms with E-state index >= 15 is 0 Å². The van der Waals surface area contributed by atoms with E-state index in [1.165, 1.54) is 5.56 Å². The summed E-state index contributed by atoms with van der Waals surface area (Å²) in [5, 5.41) is 16.5. The molecule has 1 saturated heterocycles. The van der Waals surface area contributed by atoms with E-state index in [1.807, 2.05) is 61.2 Å².